The van der Waals surface area contributed by atoms with Crippen LogP contribution in [0.1, 0.15) is 12.5 Å². The molecule has 0 aliphatic heterocycles. The van der Waals surface area contributed by atoms with Crippen molar-refractivity contribution in [1.29, 1.82) is 0 Å². The number of nitrogens with two attached hydrogens (primary N) is 2. The Morgan fingerprint density at radius 1 is 1.55 bits per heavy atom. The van der Waals surface area contributed by atoms with Gasteiger partial charge in [-0.25, -0.2) is 15.8 Å². The van der Waals surface area contributed by atoms with Gasteiger partial charge in [-0.1, -0.05) is 6.92 Å². The monoisotopic (exact) mass is 153 g/mol. The summed E-state index contributed by atoms with van der Waals surface area (Å²) < 4.78 is 0. The Bertz CT molecular complexity index is 247. The van der Waals surface area contributed by atoms with Gasteiger partial charge in [-0.2, -0.15) is 0 Å². The number of hydrogen-bond donors (Lipinski definition) is 3. The van der Waals surface area contributed by atoms with E-state index in [1.807, 2.05) is 6.92 Å². The molecule has 1 rings (SSSR count). The molecule has 60 valence electrons. The van der Waals surface area contributed by atoms with Crippen LogP contribution in [0.4, 0.5) is 11.6 Å². The van der Waals surface area contributed by atoms with Crippen molar-refractivity contribution in [2.75, 3.05) is 11.2 Å². The lowest BCUT2D eigenvalue weighted by atomic mass is 10.2. The third-order valence-corrected chi connectivity index (χ3v) is 1.47. The summed E-state index contributed by atoms with van der Waals surface area (Å²) >= 11 is 0. The van der Waals surface area contributed by atoms with E-state index in [4.69, 9.17) is 11.6 Å². The third kappa shape index (κ3) is 1.38. The number of nitrogens with one attached hydrogen (secondary N) is 1. The number of anilines is 2. The molecule has 0 spiro atoms. The van der Waals surface area contributed by atoms with Crippen LogP contribution in [-0.2, 0) is 6.42 Å². The molecule has 5 N–H and O–H groups in total. The fraction of sp³-hybridized carbons (Fsp3) is 0.333. The standard InChI is InChI=1S/C6H11N5/c1-2-4-5(7)9-3-10-6(4)11-8/h3H,2,8H2,1H3,(H3,7,9,10,11). The molecular formula is C6H11N5. The van der Waals surface area contributed by atoms with Crippen LogP contribution in [-0.4, -0.2) is 9.97 Å². The van der Waals surface area contributed by atoms with Gasteiger partial charge >= 0.3 is 0 Å². The van der Waals surface area contributed by atoms with Crippen molar-refractivity contribution in [2.45, 2.75) is 13.3 Å². The molecule has 11 heavy (non-hydrogen) atoms. The predicted molar refractivity (Wildman–Crippen MR) is 43.6 cm³/mol. The number of nitrogen functional groups attached to an aromatic ring is 2. The van der Waals surface area contributed by atoms with Crippen LogP contribution >= 0.6 is 0 Å². The van der Waals surface area contributed by atoms with Gasteiger partial charge < -0.3 is 11.2 Å². The highest BCUT2D eigenvalue weighted by molar-refractivity contribution is 5.53. The van der Waals surface area contributed by atoms with Gasteiger partial charge in [0, 0.05) is 5.56 Å². The third-order valence-electron chi connectivity index (χ3n) is 1.47. The molecule has 5 nitrogen and oxygen atoms in total. The molecule has 0 fully saturated rings. The largest absolute Gasteiger partial charge is 0.383 e. The van der Waals surface area contributed by atoms with Crippen molar-refractivity contribution in [2.24, 2.45) is 5.84 Å². The minimum absolute atomic E-state index is 0.482. The molecule has 0 atom stereocenters. The van der Waals surface area contributed by atoms with Crippen molar-refractivity contribution in [3.63, 3.8) is 0 Å². The van der Waals surface area contributed by atoms with Gasteiger partial charge in [0.25, 0.3) is 0 Å². The van der Waals surface area contributed by atoms with E-state index >= 15 is 0 Å². The maximum atomic E-state index is 5.56. The molecule has 0 unspecified atom stereocenters. The van der Waals surface area contributed by atoms with Crippen LogP contribution in [0, 0.1) is 0 Å². The second-order valence-corrected chi connectivity index (χ2v) is 2.08. The first kappa shape index (κ1) is 7.74. The van der Waals surface area contributed by atoms with Gasteiger partial charge in [0.05, 0.1) is 0 Å². The summed E-state index contributed by atoms with van der Waals surface area (Å²) in [6.07, 6.45) is 2.15. The van der Waals surface area contributed by atoms with Crippen LogP contribution in [0.25, 0.3) is 0 Å². The zero-order valence-electron chi connectivity index (χ0n) is 6.33. The van der Waals surface area contributed by atoms with Gasteiger partial charge in [-0.15, -0.1) is 0 Å². The van der Waals surface area contributed by atoms with E-state index in [9.17, 15) is 0 Å². The Kier molecular flexibility index (Phi) is 2.22. The Hall–Kier alpha value is -1.36. The Morgan fingerprint density at radius 2 is 2.27 bits per heavy atom. The highest BCUT2D eigenvalue weighted by atomic mass is 15.3. The SMILES string of the molecule is CCc1c(N)ncnc1NN. The first-order valence-corrected chi connectivity index (χ1v) is 3.35. The van der Waals surface area contributed by atoms with Gasteiger partial charge in [0.2, 0.25) is 0 Å². The maximum absolute atomic E-state index is 5.56. The minimum atomic E-state index is 0.482. The number of aromatic nitrogens is 2. The van der Waals surface area contributed by atoms with E-state index in [1.165, 1.54) is 6.33 Å². The molecule has 0 saturated heterocycles. The van der Waals surface area contributed by atoms with E-state index in [0.29, 0.717) is 11.6 Å². The summed E-state index contributed by atoms with van der Waals surface area (Å²) in [6, 6.07) is 0. The molecule has 0 saturated carbocycles. The number of rotatable bonds is 2. The zero-order valence-corrected chi connectivity index (χ0v) is 6.33. The van der Waals surface area contributed by atoms with Crippen molar-refractivity contribution in [3.8, 4) is 0 Å². The van der Waals surface area contributed by atoms with Gasteiger partial charge in [0.1, 0.15) is 18.0 Å². The lowest BCUT2D eigenvalue weighted by molar-refractivity contribution is 1.04. The highest BCUT2D eigenvalue weighted by Crippen LogP contribution is 2.15. The van der Waals surface area contributed by atoms with Crippen LogP contribution in [0.2, 0.25) is 0 Å². The van der Waals surface area contributed by atoms with Gasteiger partial charge in [-0.05, 0) is 6.42 Å². The molecule has 1 aromatic rings. The fourth-order valence-electron chi connectivity index (χ4n) is 0.899. The van der Waals surface area contributed by atoms with E-state index in [2.05, 4.69) is 15.4 Å². The fourth-order valence-corrected chi connectivity index (χ4v) is 0.899. The number of hydrazine groups is 1. The Labute approximate surface area is 64.8 Å². The Balaban J connectivity index is 3.13. The summed E-state index contributed by atoms with van der Waals surface area (Å²) in [6.45, 7) is 1.97. The minimum Gasteiger partial charge on any atom is -0.383 e. The average molecular weight is 153 g/mol. The quantitative estimate of drug-likeness (QED) is 0.408. The van der Waals surface area contributed by atoms with E-state index < -0.39 is 0 Å². The predicted octanol–water partition coefficient (Wildman–Crippen LogP) is -0.0932. The smallest absolute Gasteiger partial charge is 0.148 e. The Morgan fingerprint density at radius 3 is 2.73 bits per heavy atom. The average Bonchev–Trinajstić information content (AvgIpc) is 2.04. The second kappa shape index (κ2) is 3.16. The van der Waals surface area contributed by atoms with Crippen LogP contribution in [0.3, 0.4) is 0 Å². The normalized spacial score (nSPS) is 9.64. The lowest BCUT2D eigenvalue weighted by Crippen LogP contribution is -2.12. The summed E-state index contributed by atoms with van der Waals surface area (Å²) in [7, 11) is 0. The second-order valence-electron chi connectivity index (χ2n) is 2.08. The first-order chi connectivity index (χ1) is 5.29. The van der Waals surface area contributed by atoms with E-state index in [-0.39, 0.29) is 0 Å². The van der Waals surface area contributed by atoms with E-state index in [1.54, 1.807) is 0 Å². The number of hydrogen-bond acceptors (Lipinski definition) is 5. The highest BCUT2D eigenvalue weighted by Gasteiger charge is 2.03. The molecule has 0 bridgehead atoms. The van der Waals surface area contributed by atoms with Crippen molar-refractivity contribution < 1.29 is 0 Å². The number of nitrogens with zero attached hydrogens (tertiary/aromatic N) is 2. The molecule has 0 aromatic carbocycles. The molecule has 0 aliphatic rings. The zero-order chi connectivity index (χ0) is 8.27. The maximum Gasteiger partial charge on any atom is 0.148 e. The van der Waals surface area contributed by atoms with Crippen LogP contribution in [0.15, 0.2) is 6.33 Å². The summed E-state index contributed by atoms with van der Waals surface area (Å²) in [5, 5.41) is 0. The first-order valence-electron chi connectivity index (χ1n) is 3.35. The molecule has 1 heterocycles. The van der Waals surface area contributed by atoms with Crippen LogP contribution in [0.5, 0.6) is 0 Å². The van der Waals surface area contributed by atoms with Gasteiger partial charge in [0.15, 0.2) is 0 Å². The van der Waals surface area contributed by atoms with Crippen molar-refractivity contribution >= 4 is 11.6 Å². The van der Waals surface area contributed by atoms with Crippen LogP contribution < -0.4 is 17.0 Å². The summed E-state index contributed by atoms with van der Waals surface area (Å²) in [5.41, 5.74) is 8.87. The molecule has 1 aromatic heterocycles. The molecule has 0 radical (unpaired) electrons. The van der Waals surface area contributed by atoms with E-state index in [0.717, 1.165) is 12.0 Å². The lowest BCUT2D eigenvalue weighted by Gasteiger charge is -2.06. The molecular weight excluding hydrogens is 142 g/mol. The topological polar surface area (TPSA) is 89.8 Å². The van der Waals surface area contributed by atoms with Crippen molar-refractivity contribution in [1.82, 2.24) is 9.97 Å². The van der Waals surface area contributed by atoms with Crippen molar-refractivity contribution in [3.05, 3.63) is 11.9 Å². The molecule has 5 heteroatoms. The summed E-state index contributed by atoms with van der Waals surface area (Å²) in [4.78, 5) is 7.73. The van der Waals surface area contributed by atoms with Gasteiger partial charge in [-0.3, -0.25) is 0 Å². The molecule has 0 aliphatic carbocycles. The summed E-state index contributed by atoms with van der Waals surface area (Å²) in [5.74, 6) is 6.28. The molecule has 0 amide bonds.